The van der Waals surface area contributed by atoms with Crippen LogP contribution in [0, 0.1) is 13.8 Å². The van der Waals surface area contributed by atoms with E-state index in [4.69, 9.17) is 9.47 Å². The summed E-state index contributed by atoms with van der Waals surface area (Å²) < 4.78 is 41.8. The molecule has 0 aliphatic carbocycles. The Bertz CT molecular complexity index is 1810. The number of rotatable bonds is 16. The molecule has 0 saturated carbocycles. The molecular weight excluding hydrogens is 706 g/mol. The van der Waals surface area contributed by atoms with Gasteiger partial charge in [-0.15, -0.1) is 0 Å². The van der Waals surface area contributed by atoms with Crippen molar-refractivity contribution < 1.29 is 27.5 Å². The lowest BCUT2D eigenvalue weighted by atomic mass is 10.0. The van der Waals surface area contributed by atoms with Crippen LogP contribution >= 0.6 is 15.9 Å². The molecule has 0 aromatic heterocycles. The van der Waals surface area contributed by atoms with Gasteiger partial charge < -0.3 is 19.7 Å². The summed E-state index contributed by atoms with van der Waals surface area (Å²) in [7, 11) is -1.43. The normalized spacial score (nSPS) is 11.8. The predicted molar refractivity (Wildman–Crippen MR) is 197 cm³/mol. The highest BCUT2D eigenvalue weighted by molar-refractivity contribution is 9.10. The Kier molecular flexibility index (Phi) is 13.3. The third kappa shape index (κ3) is 9.86. The molecule has 0 aliphatic heterocycles. The molecule has 4 aromatic rings. The average Bonchev–Trinajstić information content (AvgIpc) is 3.09. The number of benzene rings is 4. The van der Waals surface area contributed by atoms with E-state index in [1.807, 2.05) is 81.4 Å². The van der Waals surface area contributed by atoms with Gasteiger partial charge in [0.2, 0.25) is 11.8 Å². The van der Waals surface area contributed by atoms with Crippen molar-refractivity contribution in [2.75, 3.05) is 31.6 Å². The number of nitrogens with one attached hydrogen (secondary N) is 1. The Morgan fingerprint density at radius 3 is 2.10 bits per heavy atom. The number of hydrogen-bond acceptors (Lipinski definition) is 6. The van der Waals surface area contributed by atoms with Crippen LogP contribution in [0.2, 0.25) is 0 Å². The lowest BCUT2D eigenvalue weighted by molar-refractivity contribution is -0.140. The summed E-state index contributed by atoms with van der Waals surface area (Å²) in [6, 6.07) is 25.8. The number of unbranched alkanes of at least 4 members (excludes halogenated alkanes) is 1. The van der Waals surface area contributed by atoms with E-state index < -0.39 is 28.5 Å². The van der Waals surface area contributed by atoms with Crippen LogP contribution in [0.5, 0.6) is 11.5 Å². The molecule has 0 bridgehead atoms. The maximum Gasteiger partial charge on any atom is 0.264 e. The van der Waals surface area contributed by atoms with Gasteiger partial charge in [-0.05, 0) is 78.9 Å². The zero-order chi connectivity index (χ0) is 35.6. The van der Waals surface area contributed by atoms with Gasteiger partial charge in [-0.3, -0.25) is 13.9 Å². The first-order valence-corrected chi connectivity index (χ1v) is 18.4. The number of carbonyl (C=O) groups excluding carboxylic acids is 2. The maximum absolute atomic E-state index is 14.7. The second kappa shape index (κ2) is 17.3. The number of carbonyl (C=O) groups is 2. The molecule has 0 unspecified atom stereocenters. The summed E-state index contributed by atoms with van der Waals surface area (Å²) in [5, 5.41) is 3.02. The van der Waals surface area contributed by atoms with Gasteiger partial charge in [-0.2, -0.15) is 0 Å². The van der Waals surface area contributed by atoms with Crippen molar-refractivity contribution >= 4 is 43.5 Å². The lowest BCUT2D eigenvalue weighted by Crippen LogP contribution is -2.53. The first-order chi connectivity index (χ1) is 23.5. The first kappa shape index (κ1) is 37.5. The van der Waals surface area contributed by atoms with Gasteiger partial charge in [0.1, 0.15) is 12.6 Å². The fraction of sp³-hybridized carbons (Fsp3) is 0.316. The SMILES string of the molecule is CCCCNC(=O)[C@@H](Cc1ccccc1)N(Cc1ccc(Br)cc1)C(=O)CN(c1cc(C)cc(C)c1)S(=O)(=O)c1ccc(OC)c(OC)c1. The monoisotopic (exact) mass is 749 g/mol. The van der Waals surface area contributed by atoms with Crippen molar-refractivity contribution in [1.29, 1.82) is 0 Å². The second-order valence-electron chi connectivity index (χ2n) is 11.9. The van der Waals surface area contributed by atoms with Crippen LogP contribution < -0.4 is 19.1 Å². The minimum absolute atomic E-state index is 0.0743. The van der Waals surface area contributed by atoms with Crippen molar-refractivity contribution in [3.8, 4) is 11.5 Å². The zero-order valence-corrected chi connectivity index (χ0v) is 31.0. The molecule has 260 valence electrons. The zero-order valence-electron chi connectivity index (χ0n) is 28.6. The van der Waals surface area contributed by atoms with E-state index >= 15 is 0 Å². The van der Waals surface area contributed by atoms with Gasteiger partial charge in [0, 0.05) is 30.0 Å². The summed E-state index contributed by atoms with van der Waals surface area (Å²) in [5.74, 6) is -0.228. The molecule has 0 fully saturated rings. The molecule has 0 aliphatic rings. The van der Waals surface area contributed by atoms with Crippen LogP contribution in [-0.2, 0) is 32.6 Å². The molecule has 9 nitrogen and oxygen atoms in total. The van der Waals surface area contributed by atoms with Crippen LogP contribution in [0.15, 0.2) is 100 Å². The Labute approximate surface area is 298 Å². The van der Waals surface area contributed by atoms with E-state index in [-0.39, 0.29) is 29.5 Å². The van der Waals surface area contributed by atoms with Crippen LogP contribution in [0.4, 0.5) is 5.69 Å². The number of hydrogen-bond donors (Lipinski definition) is 1. The van der Waals surface area contributed by atoms with Crippen LogP contribution in [0.3, 0.4) is 0 Å². The van der Waals surface area contributed by atoms with Crippen LogP contribution in [0.25, 0.3) is 0 Å². The highest BCUT2D eigenvalue weighted by Gasteiger charge is 2.35. The van der Waals surface area contributed by atoms with Gasteiger partial charge in [0.05, 0.1) is 24.8 Å². The van der Waals surface area contributed by atoms with E-state index in [0.29, 0.717) is 18.0 Å². The van der Waals surface area contributed by atoms with E-state index in [2.05, 4.69) is 21.2 Å². The minimum atomic E-state index is -4.33. The molecule has 4 aromatic carbocycles. The summed E-state index contributed by atoms with van der Waals surface area (Å²) in [6.45, 7) is 5.78. The molecule has 0 radical (unpaired) electrons. The predicted octanol–water partition coefficient (Wildman–Crippen LogP) is 6.83. The van der Waals surface area contributed by atoms with Gasteiger partial charge in [0.15, 0.2) is 11.5 Å². The number of amides is 2. The van der Waals surface area contributed by atoms with Gasteiger partial charge in [0.25, 0.3) is 10.0 Å². The third-order valence-corrected chi connectivity index (χ3v) is 10.4. The van der Waals surface area contributed by atoms with E-state index in [9.17, 15) is 18.0 Å². The smallest absolute Gasteiger partial charge is 0.264 e. The van der Waals surface area contributed by atoms with E-state index in [1.165, 1.54) is 37.3 Å². The van der Waals surface area contributed by atoms with Crippen molar-refractivity contribution in [2.24, 2.45) is 0 Å². The van der Waals surface area contributed by atoms with E-state index in [1.54, 1.807) is 12.1 Å². The molecule has 4 rings (SSSR count). The molecule has 1 atom stereocenters. The molecule has 0 heterocycles. The van der Waals surface area contributed by atoms with Gasteiger partial charge in [-0.25, -0.2) is 8.42 Å². The topological polar surface area (TPSA) is 105 Å². The average molecular weight is 751 g/mol. The molecule has 49 heavy (non-hydrogen) atoms. The number of halogens is 1. The number of anilines is 1. The largest absolute Gasteiger partial charge is 0.493 e. The van der Waals surface area contributed by atoms with Gasteiger partial charge >= 0.3 is 0 Å². The van der Waals surface area contributed by atoms with Crippen LogP contribution in [-0.4, -0.2) is 58.5 Å². The highest BCUT2D eigenvalue weighted by Crippen LogP contribution is 2.33. The molecule has 1 N–H and O–H groups in total. The van der Waals surface area contributed by atoms with Crippen LogP contribution in [0.1, 0.15) is 42.0 Å². The summed E-state index contributed by atoms with van der Waals surface area (Å²) >= 11 is 3.47. The highest BCUT2D eigenvalue weighted by atomic mass is 79.9. The fourth-order valence-corrected chi connectivity index (χ4v) is 7.25. The molecule has 2 amide bonds. The quantitative estimate of drug-likeness (QED) is 0.126. The Morgan fingerprint density at radius 2 is 1.49 bits per heavy atom. The van der Waals surface area contributed by atoms with Crippen molar-refractivity contribution in [1.82, 2.24) is 10.2 Å². The first-order valence-electron chi connectivity index (χ1n) is 16.2. The minimum Gasteiger partial charge on any atom is -0.493 e. The van der Waals surface area contributed by atoms with Crippen molar-refractivity contribution in [2.45, 2.75) is 57.5 Å². The van der Waals surface area contributed by atoms with Gasteiger partial charge in [-0.1, -0.05) is 77.8 Å². The summed E-state index contributed by atoms with van der Waals surface area (Å²) in [5.41, 5.74) is 3.65. The fourth-order valence-electron chi connectivity index (χ4n) is 5.57. The third-order valence-electron chi connectivity index (χ3n) is 8.08. The lowest BCUT2D eigenvalue weighted by Gasteiger charge is -2.34. The Hall–Kier alpha value is -4.35. The number of methoxy groups -OCH3 is 2. The number of nitrogens with zero attached hydrogens (tertiary/aromatic N) is 2. The number of aryl methyl sites for hydroxylation is 2. The van der Waals surface area contributed by atoms with Crippen molar-refractivity contribution in [3.05, 3.63) is 118 Å². The Balaban J connectivity index is 1.84. The number of ether oxygens (including phenoxy) is 2. The molecular formula is C38H44BrN3O6S. The Morgan fingerprint density at radius 1 is 0.837 bits per heavy atom. The van der Waals surface area contributed by atoms with Crippen molar-refractivity contribution in [3.63, 3.8) is 0 Å². The summed E-state index contributed by atoms with van der Waals surface area (Å²) in [4.78, 5) is 30.1. The summed E-state index contributed by atoms with van der Waals surface area (Å²) in [6.07, 6.45) is 1.92. The molecule has 0 saturated heterocycles. The maximum atomic E-state index is 14.7. The van der Waals surface area contributed by atoms with E-state index in [0.717, 1.165) is 43.9 Å². The number of sulfonamides is 1. The molecule has 11 heteroatoms. The standard InChI is InChI=1S/C38H44BrN3O6S/c1-6-7-19-40-38(44)34(23-29-11-9-8-10-12-29)41(25-30-13-15-31(39)16-14-30)37(43)26-42(32-21-27(2)20-28(3)22-32)49(45,46)33-17-18-35(47-4)36(24-33)48-5/h8-18,20-22,24,34H,6-7,19,23,25-26H2,1-5H3,(H,40,44)/t34-/m1/s1. The molecule has 0 spiro atoms. The second-order valence-corrected chi connectivity index (χ2v) is 14.7.